The van der Waals surface area contributed by atoms with Crippen molar-refractivity contribution in [2.75, 3.05) is 0 Å². The zero-order valence-electron chi connectivity index (χ0n) is 12.0. The fourth-order valence-electron chi connectivity index (χ4n) is 1.73. The van der Waals surface area contributed by atoms with Crippen LogP contribution in [-0.2, 0) is 20.0 Å². The molecule has 0 aromatic heterocycles. The number of hydrogen-bond donors (Lipinski definition) is 2. The zero-order chi connectivity index (χ0) is 17.8. The number of carbonyl (C=O) groups is 1. The summed E-state index contributed by atoms with van der Waals surface area (Å²) in [5.41, 5.74) is 8.23. The monoisotopic (exact) mass is 368 g/mol. The second-order valence-electron chi connectivity index (χ2n) is 4.36. The van der Waals surface area contributed by atoms with E-state index in [4.69, 9.17) is 5.53 Å². The topological polar surface area (TPSA) is 137 Å². The fraction of sp³-hybridized carbons (Fsp3) is 0. The number of benzene rings is 2. The van der Waals surface area contributed by atoms with Gasteiger partial charge in [0.1, 0.15) is 0 Å². The van der Waals surface area contributed by atoms with E-state index in [-0.39, 0.29) is 13.6 Å². The van der Waals surface area contributed by atoms with Crippen molar-refractivity contribution >= 4 is 26.1 Å². The third-order valence-corrected chi connectivity index (χ3v) is 6.78. The van der Waals surface area contributed by atoms with E-state index in [0.29, 0.717) is 0 Å². The molecule has 2 N–H and O–H groups in total. The minimum atomic E-state index is -4.64. The molecule has 2 aromatic rings. The van der Waals surface area contributed by atoms with Crippen molar-refractivity contribution in [1.82, 2.24) is 9.25 Å². The molecular weight excluding hydrogens is 356 g/mol. The lowest BCUT2D eigenvalue weighted by Gasteiger charge is -2.21. The van der Waals surface area contributed by atoms with E-state index < -0.39 is 26.1 Å². The molecule has 0 saturated heterocycles. The van der Waals surface area contributed by atoms with E-state index in [0.717, 1.165) is 0 Å². The van der Waals surface area contributed by atoms with Gasteiger partial charge in [-0.25, -0.2) is 27.1 Å². The average molecular weight is 368 g/mol. The Bertz CT molecular complexity index is 875. The molecule has 0 aliphatic heterocycles. The Kier molecular flexibility index (Phi) is 5.07. The summed E-state index contributed by atoms with van der Waals surface area (Å²) in [5.74, 6) is 0. The molecule has 0 unspecified atom stereocenters. The van der Waals surface area contributed by atoms with Crippen LogP contribution in [0.1, 0.15) is 0 Å². The summed E-state index contributed by atoms with van der Waals surface area (Å²) in [6, 6.07) is 11.9. The maximum absolute atomic E-state index is 12.6. The largest absolute Gasteiger partial charge is 0.375 e. The van der Waals surface area contributed by atoms with E-state index in [1.807, 2.05) is 0 Å². The summed E-state index contributed by atoms with van der Waals surface area (Å²) >= 11 is 0. The first-order chi connectivity index (χ1) is 11.3. The van der Waals surface area contributed by atoms with Crippen molar-refractivity contribution in [2.45, 2.75) is 9.79 Å². The highest BCUT2D eigenvalue weighted by Gasteiger charge is 2.38. The van der Waals surface area contributed by atoms with Crippen molar-refractivity contribution in [3.05, 3.63) is 60.7 Å². The van der Waals surface area contributed by atoms with E-state index >= 15 is 0 Å². The first-order valence-corrected chi connectivity index (χ1v) is 9.27. The van der Waals surface area contributed by atoms with Gasteiger partial charge in [0.05, 0.1) is 9.79 Å². The number of rotatable bonds is 5. The van der Waals surface area contributed by atoms with Gasteiger partial charge in [0.2, 0.25) is 0 Å². The third kappa shape index (κ3) is 3.48. The van der Waals surface area contributed by atoms with Crippen LogP contribution in [0.2, 0.25) is 0 Å². The Morgan fingerprint density at radius 3 is 1.54 bits per heavy atom. The summed E-state index contributed by atoms with van der Waals surface area (Å²) in [6.45, 7) is 0. The van der Waals surface area contributed by atoms with Gasteiger partial charge in [-0.15, -0.1) is 0 Å². The third-order valence-electron chi connectivity index (χ3n) is 2.81. The Balaban J connectivity index is 2.62. The van der Waals surface area contributed by atoms with E-state index in [2.05, 4.69) is 5.11 Å². The molecular formula is C13H12N4O5S2. The van der Waals surface area contributed by atoms with Crippen molar-refractivity contribution < 1.29 is 21.6 Å². The fourth-order valence-corrected chi connectivity index (χ4v) is 5.06. The van der Waals surface area contributed by atoms with Crippen molar-refractivity contribution in [3.8, 4) is 0 Å². The smallest absolute Gasteiger partial charge is 0.243 e. The number of amides is 2. The molecule has 2 amide bonds. The van der Waals surface area contributed by atoms with Gasteiger partial charge in [0.25, 0.3) is 20.0 Å². The molecule has 0 bridgehead atoms. The lowest BCUT2D eigenvalue weighted by molar-refractivity contribution is 0.238. The Morgan fingerprint density at radius 1 is 0.833 bits per heavy atom. The molecule has 0 heterocycles. The molecule has 2 aromatic carbocycles. The molecule has 126 valence electrons. The number of nitrogens with one attached hydrogen (secondary N) is 2. The normalized spacial score (nSPS) is 11.9. The lowest BCUT2D eigenvalue weighted by Crippen LogP contribution is -2.48. The van der Waals surface area contributed by atoms with Crippen LogP contribution >= 0.6 is 0 Å². The van der Waals surface area contributed by atoms with Crippen LogP contribution in [0, 0.1) is 5.53 Å². The highest BCUT2D eigenvalue weighted by molar-refractivity contribution is 8.04. The quantitative estimate of drug-likeness (QED) is 0.611. The second kappa shape index (κ2) is 6.86. The molecule has 0 spiro atoms. The molecule has 0 aliphatic carbocycles. The maximum Gasteiger partial charge on any atom is 0.375 e. The highest BCUT2D eigenvalue weighted by Crippen LogP contribution is 2.22. The van der Waals surface area contributed by atoms with Gasteiger partial charge in [-0.2, -0.15) is 5.53 Å². The van der Waals surface area contributed by atoms with Gasteiger partial charge >= 0.3 is 6.03 Å². The van der Waals surface area contributed by atoms with E-state index in [9.17, 15) is 21.6 Å². The van der Waals surface area contributed by atoms with Gasteiger partial charge in [-0.1, -0.05) is 41.5 Å². The van der Waals surface area contributed by atoms with Crippen LogP contribution in [0.15, 0.2) is 75.6 Å². The Hall–Kier alpha value is -2.63. The summed E-state index contributed by atoms with van der Waals surface area (Å²) in [7, 11) is -9.28. The number of carbonyl (C=O) groups excluding carboxylic acids is 1. The van der Waals surface area contributed by atoms with Gasteiger partial charge in [0, 0.05) is 3.82 Å². The summed E-state index contributed by atoms with van der Waals surface area (Å²) in [5, 5.41) is 2.47. The zero-order valence-corrected chi connectivity index (χ0v) is 13.7. The van der Waals surface area contributed by atoms with E-state index in [1.165, 1.54) is 48.5 Å². The number of hydrazine groups is 1. The molecule has 0 atom stereocenters. The van der Waals surface area contributed by atoms with Crippen LogP contribution in [0.5, 0.6) is 0 Å². The Labute approximate surface area is 138 Å². The summed E-state index contributed by atoms with van der Waals surface area (Å²) in [6.07, 6.45) is 0. The predicted molar refractivity (Wildman–Crippen MR) is 82.8 cm³/mol. The molecule has 0 saturated carbocycles. The standard InChI is InChI=1S/C13H12N4O5S2/c14-15-13(18)16-17(23(19,20)11-7-3-1-4-8-11)24(21,22)12-9-5-2-6-10-12/h1-10,14H,(H,16,18). The van der Waals surface area contributed by atoms with Crippen LogP contribution in [0.25, 0.3) is 0 Å². The number of nitrogens with zero attached hydrogens (tertiary/aromatic N) is 2. The average Bonchev–Trinajstić information content (AvgIpc) is 2.60. The van der Waals surface area contributed by atoms with Crippen LogP contribution < -0.4 is 5.43 Å². The lowest BCUT2D eigenvalue weighted by atomic mass is 10.4. The maximum atomic E-state index is 12.6. The second-order valence-corrected chi connectivity index (χ2v) is 8.17. The van der Waals surface area contributed by atoms with Gasteiger partial charge in [0.15, 0.2) is 0 Å². The van der Waals surface area contributed by atoms with Gasteiger partial charge in [-0.3, -0.25) is 0 Å². The minimum absolute atomic E-state index is 0.189. The van der Waals surface area contributed by atoms with Gasteiger partial charge in [-0.05, 0) is 24.3 Å². The molecule has 0 radical (unpaired) electrons. The van der Waals surface area contributed by atoms with Crippen LogP contribution in [0.3, 0.4) is 0 Å². The van der Waals surface area contributed by atoms with Crippen molar-refractivity contribution in [1.29, 1.82) is 5.53 Å². The Morgan fingerprint density at radius 2 is 1.21 bits per heavy atom. The molecule has 2 rings (SSSR count). The molecule has 11 heteroatoms. The minimum Gasteiger partial charge on any atom is -0.243 e. The van der Waals surface area contributed by atoms with Gasteiger partial charge < -0.3 is 0 Å². The van der Waals surface area contributed by atoms with Crippen molar-refractivity contribution in [3.63, 3.8) is 0 Å². The van der Waals surface area contributed by atoms with E-state index in [1.54, 1.807) is 17.6 Å². The molecule has 0 fully saturated rings. The number of sulfonamides is 2. The van der Waals surface area contributed by atoms with Crippen LogP contribution in [-0.4, -0.2) is 26.7 Å². The highest BCUT2D eigenvalue weighted by atomic mass is 32.3. The SMILES string of the molecule is N=NC(=O)NN(S(=O)(=O)c1ccccc1)S(=O)(=O)c1ccccc1. The first-order valence-electron chi connectivity index (χ1n) is 6.39. The van der Waals surface area contributed by atoms with Crippen LogP contribution in [0.4, 0.5) is 4.79 Å². The molecule has 9 nitrogen and oxygen atoms in total. The number of urea groups is 1. The number of hydrogen-bond acceptors (Lipinski definition) is 6. The first kappa shape index (κ1) is 17.7. The molecule has 0 aliphatic rings. The molecule has 24 heavy (non-hydrogen) atoms. The predicted octanol–water partition coefficient (Wildman–Crippen LogP) is 1.72. The summed E-state index contributed by atoms with van der Waals surface area (Å²) < 4.78 is 50.3. The summed E-state index contributed by atoms with van der Waals surface area (Å²) in [4.78, 5) is 10.6. The van der Waals surface area contributed by atoms with Crippen molar-refractivity contribution in [2.24, 2.45) is 5.11 Å².